The predicted molar refractivity (Wildman–Crippen MR) is 96.8 cm³/mol. The highest BCUT2D eigenvalue weighted by Gasteiger charge is 2.26. The zero-order valence-electron chi connectivity index (χ0n) is 15.6. The van der Waals surface area contributed by atoms with Gasteiger partial charge < -0.3 is 0 Å². The van der Waals surface area contributed by atoms with Crippen molar-refractivity contribution in [2.24, 2.45) is 0 Å². The Morgan fingerprint density at radius 2 is 1.62 bits per heavy atom. The Kier molecular flexibility index (Phi) is 4.93. The molecule has 0 fully saturated rings. The Bertz CT molecular complexity index is 826. The summed E-state index contributed by atoms with van der Waals surface area (Å²) in [6.07, 6.45) is 0. The molecule has 0 radical (unpaired) electrons. The fourth-order valence-corrected chi connectivity index (χ4v) is 3.93. The molecule has 2 rings (SSSR count). The second-order valence-electron chi connectivity index (χ2n) is 7.39. The van der Waals surface area contributed by atoms with Crippen LogP contribution in [0.15, 0.2) is 29.2 Å². The van der Waals surface area contributed by atoms with Crippen LogP contribution in [0, 0.1) is 13.8 Å². The van der Waals surface area contributed by atoms with Crippen LogP contribution in [-0.2, 0) is 22.0 Å². The van der Waals surface area contributed by atoms with E-state index in [-0.39, 0.29) is 5.41 Å². The van der Waals surface area contributed by atoms with Gasteiger partial charge in [-0.2, -0.15) is 5.10 Å². The Morgan fingerprint density at radius 3 is 2.08 bits per heavy atom. The van der Waals surface area contributed by atoms with E-state index in [0.717, 1.165) is 5.56 Å². The van der Waals surface area contributed by atoms with Crippen LogP contribution in [0.25, 0.3) is 0 Å². The maximum absolute atomic E-state index is 12.5. The lowest BCUT2D eigenvalue weighted by Crippen LogP contribution is -2.23. The van der Waals surface area contributed by atoms with Gasteiger partial charge in [0.15, 0.2) is 0 Å². The highest BCUT2D eigenvalue weighted by molar-refractivity contribution is 7.89. The molecular weight excluding hydrogens is 322 g/mol. The minimum absolute atomic E-state index is 0.115. The van der Waals surface area contributed by atoms with Gasteiger partial charge in [0.05, 0.1) is 17.9 Å². The Hall–Kier alpha value is -1.66. The molecular formula is C18H27N3O2S. The van der Waals surface area contributed by atoms with Crippen LogP contribution in [0.4, 0.5) is 0 Å². The summed E-state index contributed by atoms with van der Waals surface area (Å²) in [7, 11) is -0.409. The van der Waals surface area contributed by atoms with E-state index in [0.29, 0.717) is 22.8 Å². The minimum Gasteiger partial charge on any atom is -0.264 e. The second kappa shape index (κ2) is 6.33. The van der Waals surface area contributed by atoms with Crippen molar-refractivity contribution in [1.82, 2.24) is 14.1 Å². The molecule has 0 aliphatic heterocycles. The standard InChI is InChI=1S/C18H27N3O2S/c1-13-17(24(22,23)20(6)7)14(2)21(19-13)12-15-8-10-16(11-9-15)18(3,4)5/h8-11H,12H2,1-7H3. The molecule has 1 aromatic heterocycles. The van der Waals surface area contributed by atoms with Crippen molar-refractivity contribution in [3.05, 3.63) is 46.8 Å². The lowest BCUT2D eigenvalue weighted by molar-refractivity contribution is 0.519. The smallest absolute Gasteiger partial charge is 0.246 e. The van der Waals surface area contributed by atoms with E-state index >= 15 is 0 Å². The lowest BCUT2D eigenvalue weighted by Gasteiger charge is -2.19. The molecule has 0 bridgehead atoms. The molecule has 0 spiro atoms. The predicted octanol–water partition coefficient (Wildman–Crippen LogP) is 3.10. The zero-order valence-corrected chi connectivity index (χ0v) is 16.4. The number of hydrogen-bond donors (Lipinski definition) is 0. The molecule has 1 heterocycles. The summed E-state index contributed by atoms with van der Waals surface area (Å²) >= 11 is 0. The summed E-state index contributed by atoms with van der Waals surface area (Å²) in [6.45, 7) is 10.6. The maximum Gasteiger partial charge on any atom is 0.246 e. The van der Waals surface area contributed by atoms with Crippen LogP contribution >= 0.6 is 0 Å². The summed E-state index contributed by atoms with van der Waals surface area (Å²) in [5.41, 5.74) is 3.69. The first kappa shape index (κ1) is 18.7. The quantitative estimate of drug-likeness (QED) is 0.852. The molecule has 5 nitrogen and oxygen atoms in total. The number of nitrogens with zero attached hydrogens (tertiary/aromatic N) is 3. The number of aryl methyl sites for hydroxylation is 1. The van der Waals surface area contributed by atoms with E-state index in [1.54, 1.807) is 18.5 Å². The number of rotatable bonds is 4. The zero-order chi connectivity index (χ0) is 18.3. The van der Waals surface area contributed by atoms with Crippen LogP contribution in [0.2, 0.25) is 0 Å². The topological polar surface area (TPSA) is 55.2 Å². The second-order valence-corrected chi connectivity index (χ2v) is 9.48. The first-order chi connectivity index (χ1) is 10.9. The molecule has 2 aromatic rings. The molecule has 0 unspecified atom stereocenters. The third-order valence-corrected chi connectivity index (χ3v) is 6.27. The van der Waals surface area contributed by atoms with Crippen molar-refractivity contribution < 1.29 is 8.42 Å². The fourth-order valence-electron chi connectivity index (χ4n) is 2.67. The summed E-state index contributed by atoms with van der Waals surface area (Å²) in [5.74, 6) is 0. The molecule has 0 amide bonds. The molecule has 0 aliphatic rings. The Balaban J connectivity index is 2.36. The number of sulfonamides is 1. The first-order valence-corrected chi connectivity index (χ1v) is 9.44. The van der Waals surface area contributed by atoms with Crippen LogP contribution in [0.1, 0.15) is 43.3 Å². The minimum atomic E-state index is -3.49. The van der Waals surface area contributed by atoms with Gasteiger partial charge in [-0.1, -0.05) is 45.0 Å². The Morgan fingerprint density at radius 1 is 1.08 bits per heavy atom. The normalized spacial score (nSPS) is 12.8. The fraction of sp³-hybridized carbons (Fsp3) is 0.500. The van der Waals surface area contributed by atoms with Gasteiger partial charge in [0.2, 0.25) is 10.0 Å². The third kappa shape index (κ3) is 3.54. The van der Waals surface area contributed by atoms with Gasteiger partial charge in [-0.05, 0) is 30.4 Å². The van der Waals surface area contributed by atoms with Crippen LogP contribution < -0.4 is 0 Å². The molecule has 0 saturated carbocycles. The maximum atomic E-state index is 12.5. The van der Waals surface area contributed by atoms with Crippen molar-refractivity contribution in [1.29, 1.82) is 0 Å². The van der Waals surface area contributed by atoms with E-state index in [9.17, 15) is 8.42 Å². The van der Waals surface area contributed by atoms with Gasteiger partial charge in [-0.15, -0.1) is 0 Å². The van der Waals surface area contributed by atoms with Crippen LogP contribution in [0.3, 0.4) is 0 Å². The average Bonchev–Trinajstić information content (AvgIpc) is 2.73. The number of benzene rings is 1. The van der Waals surface area contributed by atoms with Crippen molar-refractivity contribution in [2.75, 3.05) is 14.1 Å². The number of hydrogen-bond acceptors (Lipinski definition) is 3. The summed E-state index contributed by atoms with van der Waals surface area (Å²) in [4.78, 5) is 0.304. The largest absolute Gasteiger partial charge is 0.264 e. The number of aromatic nitrogens is 2. The first-order valence-electron chi connectivity index (χ1n) is 8.00. The van der Waals surface area contributed by atoms with Gasteiger partial charge in [0, 0.05) is 14.1 Å². The summed E-state index contributed by atoms with van der Waals surface area (Å²) < 4.78 is 27.9. The van der Waals surface area contributed by atoms with E-state index in [4.69, 9.17) is 0 Å². The van der Waals surface area contributed by atoms with Crippen LogP contribution in [-0.4, -0.2) is 36.6 Å². The molecule has 1 aromatic carbocycles. The van der Waals surface area contributed by atoms with Gasteiger partial charge in [-0.3, -0.25) is 4.68 Å². The molecule has 0 N–H and O–H groups in total. The van der Waals surface area contributed by atoms with E-state index < -0.39 is 10.0 Å². The van der Waals surface area contributed by atoms with E-state index in [1.807, 2.05) is 0 Å². The van der Waals surface area contributed by atoms with Crippen molar-refractivity contribution >= 4 is 10.0 Å². The molecule has 24 heavy (non-hydrogen) atoms. The van der Waals surface area contributed by atoms with Gasteiger partial charge in [0.25, 0.3) is 0 Å². The van der Waals surface area contributed by atoms with Gasteiger partial charge in [0.1, 0.15) is 4.90 Å². The van der Waals surface area contributed by atoms with Crippen LogP contribution in [0.5, 0.6) is 0 Å². The van der Waals surface area contributed by atoms with Gasteiger partial charge >= 0.3 is 0 Å². The SMILES string of the molecule is Cc1nn(Cc2ccc(C(C)(C)C)cc2)c(C)c1S(=O)(=O)N(C)C. The summed E-state index contributed by atoms with van der Waals surface area (Å²) in [6, 6.07) is 8.41. The van der Waals surface area contributed by atoms with Crippen molar-refractivity contribution in [3.63, 3.8) is 0 Å². The molecule has 6 heteroatoms. The van der Waals surface area contributed by atoms with Crippen molar-refractivity contribution in [3.8, 4) is 0 Å². The highest BCUT2D eigenvalue weighted by Crippen LogP contribution is 2.24. The highest BCUT2D eigenvalue weighted by atomic mass is 32.2. The Labute approximate surface area is 145 Å². The molecule has 0 aliphatic carbocycles. The van der Waals surface area contributed by atoms with E-state index in [1.165, 1.54) is 24.0 Å². The monoisotopic (exact) mass is 349 g/mol. The van der Waals surface area contributed by atoms with Crippen molar-refractivity contribution in [2.45, 2.75) is 51.5 Å². The third-order valence-electron chi connectivity index (χ3n) is 4.21. The lowest BCUT2D eigenvalue weighted by atomic mass is 9.87. The molecule has 0 atom stereocenters. The molecule has 132 valence electrons. The van der Waals surface area contributed by atoms with Gasteiger partial charge in [-0.25, -0.2) is 12.7 Å². The van der Waals surface area contributed by atoms with E-state index in [2.05, 4.69) is 50.1 Å². The molecule has 0 saturated heterocycles. The summed E-state index contributed by atoms with van der Waals surface area (Å²) in [5, 5.41) is 4.44. The average molecular weight is 350 g/mol.